The first-order valence-corrected chi connectivity index (χ1v) is 4.33. The third-order valence-electron chi connectivity index (χ3n) is 2.01. The lowest BCUT2D eigenvalue weighted by atomic mass is 10.1. The van der Waals surface area contributed by atoms with Crippen molar-refractivity contribution in [1.82, 2.24) is 0 Å². The first-order chi connectivity index (χ1) is 7.51. The Bertz CT molecular complexity index is 404. The zero-order valence-electron chi connectivity index (χ0n) is 8.73. The van der Waals surface area contributed by atoms with E-state index in [1.165, 1.54) is 7.11 Å². The number of rotatable bonds is 3. The number of aliphatic hydroxyl groups is 1. The molecule has 0 aliphatic carbocycles. The van der Waals surface area contributed by atoms with Gasteiger partial charge in [0.15, 0.2) is 23.4 Å². The maximum atomic E-state index is 13.2. The quantitative estimate of drug-likeness (QED) is 0.749. The fourth-order valence-corrected chi connectivity index (χ4v) is 1.15. The van der Waals surface area contributed by atoms with E-state index in [2.05, 4.69) is 9.47 Å². The van der Waals surface area contributed by atoms with Crippen LogP contribution in [0.25, 0.3) is 0 Å². The van der Waals surface area contributed by atoms with Crippen LogP contribution in [0.15, 0.2) is 12.1 Å². The molecule has 6 heteroatoms. The lowest BCUT2D eigenvalue weighted by Gasteiger charge is -2.11. The number of esters is 1. The SMILES string of the molecule is COC(=O)C(O)c1cc(F)c(O)c(OC)c1. The van der Waals surface area contributed by atoms with E-state index < -0.39 is 23.6 Å². The van der Waals surface area contributed by atoms with Crippen LogP contribution in [-0.2, 0) is 9.53 Å². The highest BCUT2D eigenvalue weighted by Gasteiger charge is 2.21. The number of hydrogen-bond acceptors (Lipinski definition) is 5. The number of halogens is 1. The summed E-state index contributed by atoms with van der Waals surface area (Å²) < 4.78 is 22.1. The molecule has 1 atom stereocenters. The lowest BCUT2D eigenvalue weighted by Crippen LogP contribution is -2.13. The third kappa shape index (κ3) is 2.22. The molecular formula is C10H11FO5. The van der Waals surface area contributed by atoms with E-state index in [9.17, 15) is 19.4 Å². The fourth-order valence-electron chi connectivity index (χ4n) is 1.15. The summed E-state index contributed by atoms with van der Waals surface area (Å²) in [4.78, 5) is 11.0. The summed E-state index contributed by atoms with van der Waals surface area (Å²) >= 11 is 0. The number of carbonyl (C=O) groups is 1. The van der Waals surface area contributed by atoms with Crippen LogP contribution in [0.4, 0.5) is 4.39 Å². The van der Waals surface area contributed by atoms with Gasteiger partial charge in [0.2, 0.25) is 0 Å². The number of methoxy groups -OCH3 is 2. The molecule has 0 aliphatic heterocycles. The van der Waals surface area contributed by atoms with Crippen molar-refractivity contribution >= 4 is 5.97 Å². The molecule has 2 N–H and O–H groups in total. The Kier molecular flexibility index (Phi) is 3.68. The minimum Gasteiger partial charge on any atom is -0.502 e. The molecule has 0 amide bonds. The number of aromatic hydroxyl groups is 1. The number of hydrogen-bond donors (Lipinski definition) is 2. The molecule has 1 aromatic rings. The zero-order valence-corrected chi connectivity index (χ0v) is 8.73. The highest BCUT2D eigenvalue weighted by molar-refractivity contribution is 5.76. The molecular weight excluding hydrogens is 219 g/mol. The molecule has 0 heterocycles. The second-order valence-corrected chi connectivity index (χ2v) is 2.98. The zero-order chi connectivity index (χ0) is 12.3. The molecule has 0 radical (unpaired) electrons. The average Bonchev–Trinajstić information content (AvgIpc) is 2.30. The van der Waals surface area contributed by atoms with Crippen molar-refractivity contribution in [3.05, 3.63) is 23.5 Å². The molecule has 88 valence electrons. The molecule has 0 bridgehead atoms. The monoisotopic (exact) mass is 230 g/mol. The van der Waals surface area contributed by atoms with Gasteiger partial charge in [-0.05, 0) is 17.7 Å². The van der Waals surface area contributed by atoms with Gasteiger partial charge in [-0.3, -0.25) is 0 Å². The molecule has 1 rings (SSSR count). The molecule has 1 aromatic carbocycles. The number of ether oxygens (including phenoxy) is 2. The van der Waals surface area contributed by atoms with Crippen LogP contribution >= 0.6 is 0 Å². The minimum absolute atomic E-state index is 0.0565. The van der Waals surface area contributed by atoms with E-state index in [1.54, 1.807) is 0 Å². The molecule has 0 spiro atoms. The van der Waals surface area contributed by atoms with Gasteiger partial charge in [0.25, 0.3) is 0 Å². The molecule has 0 fully saturated rings. The van der Waals surface area contributed by atoms with Crippen molar-refractivity contribution in [2.45, 2.75) is 6.10 Å². The van der Waals surface area contributed by atoms with E-state index in [1.807, 2.05) is 0 Å². The van der Waals surface area contributed by atoms with Gasteiger partial charge in [0, 0.05) is 0 Å². The van der Waals surface area contributed by atoms with Crippen molar-refractivity contribution in [3.8, 4) is 11.5 Å². The summed E-state index contributed by atoms with van der Waals surface area (Å²) in [6.45, 7) is 0. The topological polar surface area (TPSA) is 76.0 Å². The Balaban J connectivity index is 3.16. The fraction of sp³-hybridized carbons (Fsp3) is 0.300. The van der Waals surface area contributed by atoms with Crippen molar-refractivity contribution in [2.75, 3.05) is 14.2 Å². The number of phenols is 1. The Morgan fingerprint density at radius 3 is 2.56 bits per heavy atom. The van der Waals surface area contributed by atoms with Crippen LogP contribution in [0.2, 0.25) is 0 Å². The van der Waals surface area contributed by atoms with Crippen LogP contribution in [0, 0.1) is 5.82 Å². The predicted molar refractivity (Wildman–Crippen MR) is 51.6 cm³/mol. The van der Waals surface area contributed by atoms with Crippen LogP contribution in [0.3, 0.4) is 0 Å². The van der Waals surface area contributed by atoms with Crippen molar-refractivity contribution in [1.29, 1.82) is 0 Å². The van der Waals surface area contributed by atoms with Crippen molar-refractivity contribution in [3.63, 3.8) is 0 Å². The van der Waals surface area contributed by atoms with Gasteiger partial charge in [-0.1, -0.05) is 0 Å². The molecule has 16 heavy (non-hydrogen) atoms. The Morgan fingerprint density at radius 2 is 2.06 bits per heavy atom. The summed E-state index contributed by atoms with van der Waals surface area (Å²) in [6.07, 6.45) is -1.62. The smallest absolute Gasteiger partial charge is 0.339 e. The third-order valence-corrected chi connectivity index (χ3v) is 2.01. The molecule has 0 aliphatic rings. The normalized spacial score (nSPS) is 12.0. The molecule has 5 nitrogen and oxygen atoms in total. The second kappa shape index (κ2) is 4.80. The van der Waals surface area contributed by atoms with Gasteiger partial charge >= 0.3 is 5.97 Å². The molecule has 0 saturated heterocycles. The Hall–Kier alpha value is -1.82. The summed E-state index contributed by atoms with van der Waals surface area (Å²) in [5.74, 6) is -2.76. The minimum atomic E-state index is -1.62. The van der Waals surface area contributed by atoms with E-state index in [0.717, 1.165) is 19.2 Å². The van der Waals surface area contributed by atoms with Crippen molar-refractivity contribution in [2.24, 2.45) is 0 Å². The maximum absolute atomic E-state index is 13.2. The number of phenolic OH excluding ortho intramolecular Hbond substituents is 1. The van der Waals surface area contributed by atoms with Gasteiger partial charge in [-0.15, -0.1) is 0 Å². The molecule has 0 saturated carbocycles. The van der Waals surface area contributed by atoms with E-state index >= 15 is 0 Å². The lowest BCUT2D eigenvalue weighted by molar-refractivity contribution is -0.150. The van der Waals surface area contributed by atoms with Crippen LogP contribution in [0.1, 0.15) is 11.7 Å². The highest BCUT2D eigenvalue weighted by Crippen LogP contribution is 2.32. The first-order valence-electron chi connectivity index (χ1n) is 4.33. The average molecular weight is 230 g/mol. The van der Waals surface area contributed by atoms with Gasteiger partial charge in [0.1, 0.15) is 0 Å². The van der Waals surface area contributed by atoms with Gasteiger partial charge < -0.3 is 19.7 Å². The van der Waals surface area contributed by atoms with Gasteiger partial charge in [-0.25, -0.2) is 9.18 Å². The summed E-state index contributed by atoms with van der Waals surface area (Å²) in [5, 5.41) is 18.6. The van der Waals surface area contributed by atoms with Crippen LogP contribution in [0.5, 0.6) is 11.5 Å². The predicted octanol–water partition coefficient (Wildman–Crippen LogP) is 0.746. The Morgan fingerprint density at radius 1 is 1.44 bits per heavy atom. The standard InChI is InChI=1S/C10H11FO5/c1-15-7-4-5(3-6(11)9(7)13)8(12)10(14)16-2/h3-4,8,12-13H,1-2H3. The van der Waals surface area contributed by atoms with Gasteiger partial charge in [0.05, 0.1) is 14.2 Å². The second-order valence-electron chi connectivity index (χ2n) is 2.98. The number of carbonyl (C=O) groups excluding carboxylic acids is 1. The van der Waals surface area contributed by atoms with E-state index in [0.29, 0.717) is 0 Å². The summed E-state index contributed by atoms with van der Waals surface area (Å²) in [5.41, 5.74) is -0.0565. The highest BCUT2D eigenvalue weighted by atomic mass is 19.1. The van der Waals surface area contributed by atoms with E-state index in [4.69, 9.17) is 0 Å². The number of benzene rings is 1. The summed E-state index contributed by atoms with van der Waals surface area (Å²) in [7, 11) is 2.32. The Labute approximate surface area is 91.0 Å². The summed E-state index contributed by atoms with van der Waals surface area (Å²) in [6, 6.07) is 1.99. The van der Waals surface area contributed by atoms with Crippen LogP contribution in [-0.4, -0.2) is 30.4 Å². The largest absolute Gasteiger partial charge is 0.502 e. The van der Waals surface area contributed by atoms with Crippen molar-refractivity contribution < 1.29 is 28.9 Å². The maximum Gasteiger partial charge on any atom is 0.339 e. The van der Waals surface area contributed by atoms with Crippen LogP contribution < -0.4 is 4.74 Å². The van der Waals surface area contributed by atoms with Gasteiger partial charge in [-0.2, -0.15) is 0 Å². The number of aliphatic hydroxyl groups excluding tert-OH is 1. The first kappa shape index (κ1) is 12.3. The molecule has 1 unspecified atom stereocenters. The van der Waals surface area contributed by atoms with E-state index in [-0.39, 0.29) is 11.3 Å². The molecule has 0 aromatic heterocycles.